The van der Waals surface area contributed by atoms with E-state index in [1.54, 1.807) is 12.1 Å². The van der Waals surface area contributed by atoms with Gasteiger partial charge in [-0.2, -0.15) is 0 Å². The highest BCUT2D eigenvalue weighted by atomic mass is 79.9. The quantitative estimate of drug-likeness (QED) is 0.503. The third kappa shape index (κ3) is 3.43. The molecule has 0 atom stereocenters. The molecule has 1 rings (SSSR count). The van der Waals surface area contributed by atoms with Crippen LogP contribution in [0.25, 0.3) is 0 Å². The third-order valence-electron chi connectivity index (χ3n) is 1.86. The Morgan fingerprint density at radius 3 is 2.80 bits per heavy atom. The van der Waals surface area contributed by atoms with Crippen LogP contribution in [0.1, 0.15) is 12.0 Å². The van der Waals surface area contributed by atoms with Gasteiger partial charge in [-0.3, -0.25) is 0 Å². The van der Waals surface area contributed by atoms with E-state index in [2.05, 4.69) is 20.7 Å². The Hall–Kier alpha value is -1.23. The van der Waals surface area contributed by atoms with Gasteiger partial charge in [0.05, 0.1) is 0 Å². The van der Waals surface area contributed by atoms with Crippen molar-refractivity contribution in [2.75, 3.05) is 5.33 Å². The van der Waals surface area contributed by atoms with Crippen LogP contribution in [0.5, 0.6) is 11.5 Å². The predicted octanol–water partition coefficient (Wildman–Crippen LogP) is 2.78. The summed E-state index contributed by atoms with van der Waals surface area (Å²) in [6, 6.07) is 4.81. The molecular weight excluding hydrogens is 264 g/mol. The number of carbonyl (C=O) groups is 1. The van der Waals surface area contributed by atoms with Gasteiger partial charge in [0.15, 0.2) is 11.5 Å². The number of aromatic hydroxyl groups is 1. The number of alkyl halides is 1. The molecule has 0 aliphatic rings. The normalized spacial score (nSPS) is 9.93. The Balaban J connectivity index is 2.85. The first-order valence-electron chi connectivity index (χ1n) is 4.42. The molecule has 5 heteroatoms. The minimum absolute atomic E-state index is 0.0189. The summed E-state index contributed by atoms with van der Waals surface area (Å²) in [6.45, 7) is 0. The highest BCUT2D eigenvalue weighted by Gasteiger charge is 2.10. The van der Waals surface area contributed by atoms with E-state index < -0.39 is 6.16 Å². The molecule has 82 valence electrons. The van der Waals surface area contributed by atoms with Crippen LogP contribution < -0.4 is 4.74 Å². The molecule has 1 aromatic carbocycles. The van der Waals surface area contributed by atoms with Gasteiger partial charge in [0, 0.05) is 5.33 Å². The molecule has 0 heterocycles. The van der Waals surface area contributed by atoms with Crippen LogP contribution in [0.15, 0.2) is 18.2 Å². The van der Waals surface area contributed by atoms with Crippen LogP contribution in [-0.2, 0) is 6.42 Å². The first-order chi connectivity index (χ1) is 7.15. The second-order valence-corrected chi connectivity index (χ2v) is 3.72. The standard InChI is InChI=1S/C10H11BrO4/c11-6-2-4-7-3-1-5-8(9(7)12)15-10(13)14/h1,3,5,12H,2,4,6H2,(H,13,14). The number of ether oxygens (including phenoxy) is 1. The fraction of sp³-hybridized carbons (Fsp3) is 0.300. The molecule has 0 aliphatic carbocycles. The maximum Gasteiger partial charge on any atom is 0.511 e. The summed E-state index contributed by atoms with van der Waals surface area (Å²) in [5, 5.41) is 18.9. The van der Waals surface area contributed by atoms with E-state index in [4.69, 9.17) is 5.11 Å². The second-order valence-electron chi connectivity index (χ2n) is 2.92. The zero-order chi connectivity index (χ0) is 11.3. The van der Waals surface area contributed by atoms with Crippen LogP contribution in [0.2, 0.25) is 0 Å². The van der Waals surface area contributed by atoms with Gasteiger partial charge in [-0.05, 0) is 24.5 Å². The Labute approximate surface area is 95.6 Å². The molecule has 15 heavy (non-hydrogen) atoms. The summed E-state index contributed by atoms with van der Waals surface area (Å²) in [6.07, 6.45) is 0.112. The number of rotatable bonds is 4. The molecule has 0 amide bonds. The highest BCUT2D eigenvalue weighted by Crippen LogP contribution is 2.30. The lowest BCUT2D eigenvalue weighted by molar-refractivity contribution is 0.143. The summed E-state index contributed by atoms with van der Waals surface area (Å²) in [5.41, 5.74) is 0.688. The van der Waals surface area contributed by atoms with E-state index >= 15 is 0 Å². The Bertz CT molecular complexity index is 351. The second kappa shape index (κ2) is 5.60. The number of para-hydroxylation sites is 1. The molecule has 1 aromatic rings. The highest BCUT2D eigenvalue weighted by molar-refractivity contribution is 9.09. The lowest BCUT2D eigenvalue weighted by Crippen LogP contribution is -2.03. The molecule has 0 saturated carbocycles. The number of phenolic OH excluding ortho intramolecular Hbond substituents is 1. The largest absolute Gasteiger partial charge is 0.511 e. The van der Waals surface area contributed by atoms with Crippen molar-refractivity contribution in [2.45, 2.75) is 12.8 Å². The fourth-order valence-electron chi connectivity index (χ4n) is 1.20. The van der Waals surface area contributed by atoms with Gasteiger partial charge in [0.2, 0.25) is 0 Å². The maximum atomic E-state index is 10.3. The average molecular weight is 275 g/mol. The van der Waals surface area contributed by atoms with Crippen molar-refractivity contribution in [3.8, 4) is 11.5 Å². The van der Waals surface area contributed by atoms with E-state index in [0.717, 1.165) is 11.8 Å². The van der Waals surface area contributed by atoms with Crippen molar-refractivity contribution in [3.63, 3.8) is 0 Å². The van der Waals surface area contributed by atoms with E-state index in [9.17, 15) is 9.90 Å². The molecule has 0 fully saturated rings. The molecule has 0 unspecified atom stereocenters. The zero-order valence-electron chi connectivity index (χ0n) is 7.94. The fourth-order valence-corrected chi connectivity index (χ4v) is 1.48. The Morgan fingerprint density at radius 1 is 1.47 bits per heavy atom. The number of carboxylic acid groups (broad SMARTS) is 1. The van der Waals surface area contributed by atoms with Gasteiger partial charge in [-0.25, -0.2) is 4.79 Å². The molecular formula is C10H11BrO4. The van der Waals surface area contributed by atoms with Gasteiger partial charge in [0.25, 0.3) is 0 Å². The molecule has 0 spiro atoms. The van der Waals surface area contributed by atoms with Crippen molar-refractivity contribution in [3.05, 3.63) is 23.8 Å². The SMILES string of the molecule is O=C(O)Oc1cccc(CCCBr)c1O. The van der Waals surface area contributed by atoms with Crippen LogP contribution in [0.4, 0.5) is 4.79 Å². The van der Waals surface area contributed by atoms with Crippen LogP contribution in [0, 0.1) is 0 Å². The Kier molecular flexibility index (Phi) is 4.42. The van der Waals surface area contributed by atoms with Gasteiger partial charge < -0.3 is 14.9 Å². The van der Waals surface area contributed by atoms with Crippen LogP contribution >= 0.6 is 15.9 Å². The molecule has 2 N–H and O–H groups in total. The molecule has 0 aromatic heterocycles. The summed E-state index contributed by atoms with van der Waals surface area (Å²) >= 11 is 3.28. The van der Waals surface area contributed by atoms with E-state index in [1.165, 1.54) is 6.07 Å². The molecule has 4 nitrogen and oxygen atoms in total. The smallest absolute Gasteiger partial charge is 0.504 e. The van der Waals surface area contributed by atoms with Crippen molar-refractivity contribution >= 4 is 22.1 Å². The summed E-state index contributed by atoms with van der Waals surface area (Å²) in [4.78, 5) is 10.3. The number of benzene rings is 1. The van der Waals surface area contributed by atoms with Crippen molar-refractivity contribution in [1.82, 2.24) is 0 Å². The van der Waals surface area contributed by atoms with E-state index in [-0.39, 0.29) is 11.5 Å². The van der Waals surface area contributed by atoms with Gasteiger partial charge in [-0.1, -0.05) is 28.1 Å². The summed E-state index contributed by atoms with van der Waals surface area (Å²) in [5.74, 6) is -0.115. The zero-order valence-corrected chi connectivity index (χ0v) is 9.53. The van der Waals surface area contributed by atoms with Crippen molar-refractivity contribution < 1.29 is 19.7 Å². The number of hydrogen-bond acceptors (Lipinski definition) is 3. The van der Waals surface area contributed by atoms with Crippen molar-refractivity contribution in [2.24, 2.45) is 0 Å². The lowest BCUT2D eigenvalue weighted by atomic mass is 10.1. The maximum absolute atomic E-state index is 10.3. The number of aryl methyl sites for hydroxylation is 1. The van der Waals surface area contributed by atoms with Gasteiger partial charge >= 0.3 is 6.16 Å². The predicted molar refractivity (Wildman–Crippen MR) is 58.9 cm³/mol. The topological polar surface area (TPSA) is 66.8 Å². The van der Waals surface area contributed by atoms with Crippen molar-refractivity contribution in [1.29, 1.82) is 0 Å². The average Bonchev–Trinajstić information content (AvgIpc) is 2.19. The number of hydrogen-bond donors (Lipinski definition) is 2. The molecule has 0 saturated heterocycles. The summed E-state index contributed by atoms with van der Waals surface area (Å²) < 4.78 is 4.42. The number of halogens is 1. The minimum Gasteiger partial charge on any atom is -0.504 e. The van der Waals surface area contributed by atoms with E-state index in [0.29, 0.717) is 12.0 Å². The van der Waals surface area contributed by atoms with Gasteiger partial charge in [0.1, 0.15) is 0 Å². The third-order valence-corrected chi connectivity index (χ3v) is 2.42. The van der Waals surface area contributed by atoms with Crippen LogP contribution in [0.3, 0.4) is 0 Å². The number of phenols is 1. The van der Waals surface area contributed by atoms with Crippen LogP contribution in [-0.4, -0.2) is 21.7 Å². The van der Waals surface area contributed by atoms with E-state index in [1.807, 2.05) is 0 Å². The monoisotopic (exact) mass is 274 g/mol. The first-order valence-corrected chi connectivity index (χ1v) is 5.55. The summed E-state index contributed by atoms with van der Waals surface area (Å²) in [7, 11) is 0. The Morgan fingerprint density at radius 2 is 2.20 bits per heavy atom. The minimum atomic E-state index is -1.43. The lowest BCUT2D eigenvalue weighted by Gasteiger charge is -2.07. The first kappa shape index (κ1) is 11.8. The molecule has 0 aliphatic heterocycles. The van der Waals surface area contributed by atoms with Gasteiger partial charge in [-0.15, -0.1) is 0 Å². The molecule has 0 radical (unpaired) electrons. The molecule has 0 bridgehead atoms.